The first-order chi connectivity index (χ1) is 8.41. The van der Waals surface area contributed by atoms with Crippen LogP contribution < -0.4 is 0 Å². The number of aromatic nitrogens is 2. The summed E-state index contributed by atoms with van der Waals surface area (Å²) in [6.07, 6.45) is 0. The molecule has 2 rings (SSSR count). The summed E-state index contributed by atoms with van der Waals surface area (Å²) < 4.78 is 5.00. The maximum absolute atomic E-state index is 11.1. The van der Waals surface area contributed by atoms with Gasteiger partial charge in [0.2, 0.25) is 11.7 Å². The van der Waals surface area contributed by atoms with Gasteiger partial charge in [-0.2, -0.15) is 4.98 Å². The summed E-state index contributed by atoms with van der Waals surface area (Å²) in [4.78, 5) is 15.2. The molecule has 2 aromatic rings. The lowest BCUT2D eigenvalue weighted by atomic mass is 9.94. The molecule has 0 amide bonds. The molecule has 1 aromatic carbocycles. The van der Waals surface area contributed by atoms with E-state index >= 15 is 0 Å². The van der Waals surface area contributed by atoms with E-state index in [4.69, 9.17) is 21.2 Å². The average Bonchev–Trinajstić information content (AvgIpc) is 2.79. The third-order valence-corrected chi connectivity index (χ3v) is 2.85. The highest BCUT2D eigenvalue weighted by atomic mass is 35.5. The molecule has 0 aliphatic rings. The van der Waals surface area contributed by atoms with Gasteiger partial charge in [-0.15, -0.1) is 0 Å². The van der Waals surface area contributed by atoms with Gasteiger partial charge in [-0.05, 0) is 38.1 Å². The van der Waals surface area contributed by atoms with Gasteiger partial charge in [0.05, 0.1) is 0 Å². The highest BCUT2D eigenvalue weighted by Gasteiger charge is 2.35. The second-order valence-corrected chi connectivity index (χ2v) is 4.80. The Labute approximate surface area is 108 Å². The van der Waals surface area contributed by atoms with Crippen LogP contribution in [0, 0.1) is 0 Å². The smallest absolute Gasteiger partial charge is 0.318 e. The van der Waals surface area contributed by atoms with E-state index in [1.165, 1.54) is 13.8 Å². The third-order valence-electron chi connectivity index (χ3n) is 2.60. The number of hydrogen-bond donors (Lipinski definition) is 1. The Morgan fingerprint density at radius 2 is 1.94 bits per heavy atom. The van der Waals surface area contributed by atoms with E-state index < -0.39 is 11.4 Å². The molecule has 0 aliphatic carbocycles. The summed E-state index contributed by atoms with van der Waals surface area (Å²) in [5, 5.41) is 13.4. The van der Waals surface area contributed by atoms with Crippen LogP contribution in [0.25, 0.3) is 11.4 Å². The number of benzene rings is 1. The molecule has 1 N–H and O–H groups in total. The molecule has 0 bridgehead atoms. The van der Waals surface area contributed by atoms with E-state index in [-0.39, 0.29) is 5.89 Å². The molecule has 0 radical (unpaired) electrons. The molecule has 0 aliphatic heterocycles. The number of rotatable bonds is 3. The van der Waals surface area contributed by atoms with Gasteiger partial charge in [0, 0.05) is 10.6 Å². The van der Waals surface area contributed by atoms with Gasteiger partial charge in [-0.1, -0.05) is 16.8 Å². The summed E-state index contributed by atoms with van der Waals surface area (Å²) >= 11 is 5.78. The van der Waals surface area contributed by atoms with E-state index in [2.05, 4.69) is 10.1 Å². The van der Waals surface area contributed by atoms with Gasteiger partial charge in [0.15, 0.2) is 0 Å². The number of carbonyl (C=O) groups is 1. The zero-order valence-corrected chi connectivity index (χ0v) is 10.6. The maximum Gasteiger partial charge on any atom is 0.318 e. The van der Waals surface area contributed by atoms with E-state index in [9.17, 15) is 4.79 Å². The molecule has 5 nitrogen and oxygen atoms in total. The zero-order chi connectivity index (χ0) is 13.3. The van der Waals surface area contributed by atoms with Crippen LogP contribution in [0.2, 0.25) is 5.02 Å². The van der Waals surface area contributed by atoms with Gasteiger partial charge in [-0.3, -0.25) is 4.79 Å². The van der Waals surface area contributed by atoms with Gasteiger partial charge in [-0.25, -0.2) is 0 Å². The molecule has 1 heterocycles. The molecule has 6 heteroatoms. The van der Waals surface area contributed by atoms with Gasteiger partial charge in [0.25, 0.3) is 0 Å². The fraction of sp³-hybridized carbons (Fsp3) is 0.250. The number of hydrogen-bond acceptors (Lipinski definition) is 4. The minimum Gasteiger partial charge on any atom is -0.480 e. The number of aliphatic carboxylic acids is 1. The van der Waals surface area contributed by atoms with Crippen LogP contribution in [0.5, 0.6) is 0 Å². The molecule has 0 atom stereocenters. The molecule has 0 fully saturated rings. The van der Waals surface area contributed by atoms with E-state index in [1.807, 2.05) is 0 Å². The molecule has 0 saturated heterocycles. The van der Waals surface area contributed by atoms with Crippen LogP contribution in [-0.2, 0) is 10.2 Å². The fourth-order valence-electron chi connectivity index (χ4n) is 1.29. The van der Waals surface area contributed by atoms with Crippen molar-refractivity contribution < 1.29 is 14.4 Å². The van der Waals surface area contributed by atoms with Crippen molar-refractivity contribution in [2.24, 2.45) is 0 Å². The van der Waals surface area contributed by atoms with Crippen molar-refractivity contribution >= 4 is 17.6 Å². The quantitative estimate of drug-likeness (QED) is 0.924. The van der Waals surface area contributed by atoms with Crippen molar-refractivity contribution in [3.8, 4) is 11.4 Å². The summed E-state index contributed by atoms with van der Waals surface area (Å²) in [6, 6.07) is 6.89. The Hall–Kier alpha value is -1.88. The molecule has 0 saturated carbocycles. The normalized spacial score (nSPS) is 11.5. The molecular weight excluding hydrogens is 256 g/mol. The lowest BCUT2D eigenvalue weighted by Gasteiger charge is -2.12. The molecule has 18 heavy (non-hydrogen) atoms. The lowest BCUT2D eigenvalue weighted by molar-refractivity contribution is -0.143. The highest BCUT2D eigenvalue weighted by molar-refractivity contribution is 6.30. The fourth-order valence-corrected chi connectivity index (χ4v) is 1.41. The van der Waals surface area contributed by atoms with Crippen molar-refractivity contribution in [3.05, 3.63) is 35.2 Å². The topological polar surface area (TPSA) is 76.2 Å². The van der Waals surface area contributed by atoms with Crippen molar-refractivity contribution in [1.82, 2.24) is 10.1 Å². The van der Waals surface area contributed by atoms with E-state index in [0.717, 1.165) is 5.56 Å². The van der Waals surface area contributed by atoms with Crippen LogP contribution in [0.15, 0.2) is 28.8 Å². The first-order valence-corrected chi connectivity index (χ1v) is 5.62. The number of carboxylic acid groups (broad SMARTS) is 1. The zero-order valence-electron chi connectivity index (χ0n) is 9.85. The van der Waals surface area contributed by atoms with Crippen LogP contribution >= 0.6 is 11.6 Å². The summed E-state index contributed by atoms with van der Waals surface area (Å²) in [5.41, 5.74) is -0.493. The first kappa shape index (κ1) is 12.6. The monoisotopic (exact) mass is 266 g/mol. The molecule has 0 spiro atoms. The lowest BCUT2D eigenvalue weighted by Crippen LogP contribution is -2.28. The second kappa shape index (κ2) is 4.42. The van der Waals surface area contributed by atoms with E-state index in [1.54, 1.807) is 24.3 Å². The largest absolute Gasteiger partial charge is 0.480 e. The summed E-state index contributed by atoms with van der Waals surface area (Å²) in [7, 11) is 0. The van der Waals surface area contributed by atoms with E-state index in [0.29, 0.717) is 10.8 Å². The van der Waals surface area contributed by atoms with Crippen molar-refractivity contribution in [2.75, 3.05) is 0 Å². The van der Waals surface area contributed by atoms with Crippen LogP contribution in [-0.4, -0.2) is 21.2 Å². The standard InChI is InChI=1S/C12H11ClN2O3/c1-12(2,11(16)17)10-14-9(15-18-10)7-3-5-8(13)6-4-7/h3-6H,1-2H3,(H,16,17). The Morgan fingerprint density at radius 3 is 2.50 bits per heavy atom. The van der Waals surface area contributed by atoms with Crippen molar-refractivity contribution in [3.63, 3.8) is 0 Å². The molecule has 94 valence electrons. The molecule has 0 unspecified atom stereocenters. The Morgan fingerprint density at radius 1 is 1.33 bits per heavy atom. The summed E-state index contributed by atoms with van der Waals surface area (Å²) in [5.74, 6) is -0.607. The predicted molar refractivity (Wildman–Crippen MR) is 65.4 cm³/mol. The highest BCUT2D eigenvalue weighted by Crippen LogP contribution is 2.25. The SMILES string of the molecule is CC(C)(C(=O)O)c1nc(-c2ccc(Cl)cc2)no1. The van der Waals surface area contributed by atoms with Crippen LogP contribution in [0.3, 0.4) is 0 Å². The Bertz CT molecular complexity index is 575. The first-order valence-electron chi connectivity index (χ1n) is 5.25. The Balaban J connectivity index is 2.37. The minimum absolute atomic E-state index is 0.0694. The Kier molecular flexibility index (Phi) is 3.09. The second-order valence-electron chi connectivity index (χ2n) is 4.36. The van der Waals surface area contributed by atoms with Crippen LogP contribution in [0.1, 0.15) is 19.7 Å². The predicted octanol–water partition coefficient (Wildman–Crippen LogP) is 2.75. The minimum atomic E-state index is -1.21. The van der Waals surface area contributed by atoms with Gasteiger partial charge >= 0.3 is 5.97 Å². The van der Waals surface area contributed by atoms with Crippen molar-refractivity contribution in [1.29, 1.82) is 0 Å². The van der Waals surface area contributed by atoms with Crippen LogP contribution in [0.4, 0.5) is 0 Å². The van der Waals surface area contributed by atoms with Gasteiger partial charge < -0.3 is 9.63 Å². The number of carboxylic acids is 1. The third kappa shape index (κ3) is 2.22. The molecular formula is C12H11ClN2O3. The molecule has 1 aromatic heterocycles. The van der Waals surface area contributed by atoms with Gasteiger partial charge in [0.1, 0.15) is 5.41 Å². The average molecular weight is 267 g/mol. The number of nitrogens with zero attached hydrogens (tertiary/aromatic N) is 2. The number of halogens is 1. The summed E-state index contributed by atoms with van der Waals surface area (Å²) in [6.45, 7) is 3.02. The maximum atomic E-state index is 11.1. The van der Waals surface area contributed by atoms with Crippen molar-refractivity contribution in [2.45, 2.75) is 19.3 Å².